The highest BCUT2D eigenvalue weighted by atomic mass is 16.3. The van der Waals surface area contributed by atoms with Gasteiger partial charge in [-0.25, -0.2) is 0 Å². The molecule has 0 radical (unpaired) electrons. The molecule has 1 aromatic heterocycles. The first-order valence-corrected chi connectivity index (χ1v) is 6.01. The third-order valence-corrected chi connectivity index (χ3v) is 2.80. The summed E-state index contributed by atoms with van der Waals surface area (Å²) in [5.41, 5.74) is 3.30. The molecule has 0 fully saturated rings. The number of aryl methyl sites for hydroxylation is 2. The van der Waals surface area contributed by atoms with Gasteiger partial charge in [0.05, 0.1) is 5.69 Å². The number of nitrogens with one attached hydrogen (secondary N) is 1. The lowest BCUT2D eigenvalue weighted by Crippen LogP contribution is -1.91. The number of rotatable bonds is 4. The minimum atomic E-state index is 0.147. The second kappa shape index (κ2) is 5.04. The van der Waals surface area contributed by atoms with E-state index in [4.69, 9.17) is 0 Å². The minimum Gasteiger partial charge on any atom is -0.492 e. The zero-order chi connectivity index (χ0) is 12.3. The van der Waals surface area contributed by atoms with Crippen LogP contribution < -0.4 is 0 Å². The largest absolute Gasteiger partial charge is 0.492 e. The Kier molecular flexibility index (Phi) is 3.47. The molecule has 2 N–H and O–H groups in total. The summed E-state index contributed by atoms with van der Waals surface area (Å²) >= 11 is 0. The predicted molar refractivity (Wildman–Crippen MR) is 68.2 cm³/mol. The average Bonchev–Trinajstić information content (AvgIpc) is 2.63. The van der Waals surface area contributed by atoms with Gasteiger partial charge < -0.3 is 10.1 Å². The smallest absolute Gasteiger partial charge is 0.232 e. The number of aromatic hydroxyl groups is 1. The second-order valence-electron chi connectivity index (χ2n) is 4.40. The van der Waals surface area contributed by atoms with Gasteiger partial charge in [-0.05, 0) is 18.9 Å². The van der Waals surface area contributed by atoms with E-state index in [1.54, 1.807) is 0 Å². The molecular weight excluding hydrogens is 212 g/mol. The lowest BCUT2D eigenvalue weighted by Gasteiger charge is -1.98. The summed E-state index contributed by atoms with van der Waals surface area (Å²) in [6, 6.07) is 8.36. The number of hydrogen-bond acceptors (Lipinski definition) is 2. The monoisotopic (exact) mass is 230 g/mol. The van der Waals surface area contributed by atoms with Crippen molar-refractivity contribution in [3.05, 3.63) is 46.9 Å². The molecule has 0 spiro atoms. The molecule has 3 heteroatoms. The molecule has 90 valence electrons. The highest BCUT2D eigenvalue weighted by Crippen LogP contribution is 2.17. The van der Waals surface area contributed by atoms with Gasteiger partial charge in [0.25, 0.3) is 0 Å². The van der Waals surface area contributed by atoms with E-state index in [-0.39, 0.29) is 5.88 Å². The van der Waals surface area contributed by atoms with E-state index >= 15 is 0 Å². The molecule has 17 heavy (non-hydrogen) atoms. The molecule has 0 amide bonds. The summed E-state index contributed by atoms with van der Waals surface area (Å²) in [7, 11) is 0. The number of aromatic nitrogens is 2. The van der Waals surface area contributed by atoms with Crippen molar-refractivity contribution in [1.82, 2.24) is 9.97 Å². The van der Waals surface area contributed by atoms with E-state index in [1.165, 1.54) is 11.1 Å². The molecule has 0 bridgehead atoms. The summed E-state index contributed by atoms with van der Waals surface area (Å²) < 4.78 is 0. The van der Waals surface area contributed by atoms with E-state index in [0.29, 0.717) is 0 Å². The SMILES string of the molecule is CCCc1[nH]c(Cc2ccc(C)cc2)nc1O. The standard InChI is InChI=1S/C14H18N2O/c1-3-4-12-14(17)16-13(15-12)9-11-7-5-10(2)6-8-11/h5-8,17H,3-4,9H2,1-2H3,(H,15,16). The van der Waals surface area contributed by atoms with Gasteiger partial charge >= 0.3 is 0 Å². The molecule has 0 aliphatic rings. The molecule has 1 aromatic carbocycles. The summed E-state index contributed by atoms with van der Waals surface area (Å²) in [6.45, 7) is 4.15. The van der Waals surface area contributed by atoms with Crippen LogP contribution in [-0.2, 0) is 12.8 Å². The van der Waals surface area contributed by atoms with E-state index in [9.17, 15) is 5.11 Å². The van der Waals surface area contributed by atoms with Crippen LogP contribution in [0.1, 0.15) is 36.0 Å². The maximum atomic E-state index is 9.64. The third kappa shape index (κ3) is 2.87. The van der Waals surface area contributed by atoms with Crippen molar-refractivity contribution < 1.29 is 5.11 Å². The van der Waals surface area contributed by atoms with Crippen molar-refractivity contribution >= 4 is 0 Å². The average molecular weight is 230 g/mol. The van der Waals surface area contributed by atoms with Gasteiger partial charge in [-0.15, -0.1) is 0 Å². The van der Waals surface area contributed by atoms with Crippen molar-refractivity contribution in [2.75, 3.05) is 0 Å². The summed E-state index contributed by atoms with van der Waals surface area (Å²) in [4.78, 5) is 7.33. The Labute approximate surface area is 102 Å². The topological polar surface area (TPSA) is 48.9 Å². The minimum absolute atomic E-state index is 0.147. The highest BCUT2D eigenvalue weighted by molar-refractivity contribution is 5.26. The molecule has 0 aliphatic heterocycles. The Balaban J connectivity index is 2.13. The number of H-pyrrole nitrogens is 1. The molecule has 0 unspecified atom stereocenters. The van der Waals surface area contributed by atoms with Gasteiger partial charge in [0.15, 0.2) is 0 Å². The molecule has 0 saturated carbocycles. The van der Waals surface area contributed by atoms with Gasteiger partial charge in [-0.2, -0.15) is 4.98 Å². The van der Waals surface area contributed by atoms with Crippen LogP contribution in [0, 0.1) is 6.92 Å². The van der Waals surface area contributed by atoms with E-state index in [0.717, 1.165) is 30.8 Å². The van der Waals surface area contributed by atoms with Crippen LogP contribution in [0.2, 0.25) is 0 Å². The van der Waals surface area contributed by atoms with Crippen molar-refractivity contribution in [2.24, 2.45) is 0 Å². The maximum absolute atomic E-state index is 9.64. The Morgan fingerprint density at radius 1 is 1.24 bits per heavy atom. The van der Waals surface area contributed by atoms with Crippen LogP contribution in [0.25, 0.3) is 0 Å². The lowest BCUT2D eigenvalue weighted by atomic mass is 10.1. The fourth-order valence-electron chi connectivity index (χ4n) is 1.86. The van der Waals surface area contributed by atoms with Crippen molar-refractivity contribution in [3.63, 3.8) is 0 Å². The first-order valence-electron chi connectivity index (χ1n) is 6.01. The quantitative estimate of drug-likeness (QED) is 0.848. The van der Waals surface area contributed by atoms with Crippen LogP contribution in [0.3, 0.4) is 0 Å². The summed E-state index contributed by atoms with van der Waals surface area (Å²) in [5.74, 6) is 0.976. The van der Waals surface area contributed by atoms with Crippen LogP contribution in [0.5, 0.6) is 5.88 Å². The van der Waals surface area contributed by atoms with E-state index < -0.39 is 0 Å². The third-order valence-electron chi connectivity index (χ3n) is 2.80. The zero-order valence-electron chi connectivity index (χ0n) is 10.3. The van der Waals surface area contributed by atoms with Crippen molar-refractivity contribution in [3.8, 4) is 5.88 Å². The highest BCUT2D eigenvalue weighted by Gasteiger charge is 2.08. The number of imidazole rings is 1. The molecule has 0 saturated heterocycles. The van der Waals surface area contributed by atoms with Crippen LogP contribution in [0.4, 0.5) is 0 Å². The number of nitrogens with zero attached hydrogens (tertiary/aromatic N) is 1. The fourth-order valence-corrected chi connectivity index (χ4v) is 1.86. The van der Waals surface area contributed by atoms with Gasteiger partial charge in [0, 0.05) is 6.42 Å². The van der Waals surface area contributed by atoms with Crippen LogP contribution in [0.15, 0.2) is 24.3 Å². The van der Waals surface area contributed by atoms with Crippen molar-refractivity contribution in [1.29, 1.82) is 0 Å². The van der Waals surface area contributed by atoms with Gasteiger partial charge in [0.2, 0.25) is 5.88 Å². The van der Waals surface area contributed by atoms with Gasteiger partial charge in [0.1, 0.15) is 5.82 Å². The predicted octanol–water partition coefficient (Wildman–Crippen LogP) is 2.97. The Morgan fingerprint density at radius 3 is 2.59 bits per heavy atom. The van der Waals surface area contributed by atoms with Crippen LogP contribution in [-0.4, -0.2) is 15.1 Å². The number of hydrogen-bond donors (Lipinski definition) is 2. The number of benzene rings is 1. The summed E-state index contributed by atoms with van der Waals surface area (Å²) in [5, 5.41) is 9.64. The van der Waals surface area contributed by atoms with Gasteiger partial charge in [-0.3, -0.25) is 0 Å². The Hall–Kier alpha value is -1.77. The maximum Gasteiger partial charge on any atom is 0.232 e. The second-order valence-corrected chi connectivity index (χ2v) is 4.40. The normalized spacial score (nSPS) is 10.7. The van der Waals surface area contributed by atoms with Gasteiger partial charge in [-0.1, -0.05) is 43.2 Å². The lowest BCUT2D eigenvalue weighted by molar-refractivity contribution is 0.448. The zero-order valence-corrected chi connectivity index (χ0v) is 10.3. The molecule has 0 aliphatic carbocycles. The first-order chi connectivity index (χ1) is 8.19. The molecular formula is C14H18N2O. The Bertz CT molecular complexity index is 485. The molecule has 2 aromatic rings. The molecule has 0 atom stereocenters. The molecule has 3 nitrogen and oxygen atoms in total. The fraction of sp³-hybridized carbons (Fsp3) is 0.357. The Morgan fingerprint density at radius 2 is 1.94 bits per heavy atom. The van der Waals surface area contributed by atoms with E-state index in [2.05, 4.69) is 48.1 Å². The summed E-state index contributed by atoms with van der Waals surface area (Å²) in [6.07, 6.45) is 2.57. The molecule has 2 rings (SSSR count). The molecule has 1 heterocycles. The first kappa shape index (κ1) is 11.7. The van der Waals surface area contributed by atoms with Crippen LogP contribution >= 0.6 is 0 Å². The van der Waals surface area contributed by atoms with E-state index in [1.807, 2.05) is 0 Å². The number of aromatic amines is 1. The van der Waals surface area contributed by atoms with Crippen molar-refractivity contribution in [2.45, 2.75) is 33.1 Å².